The Kier molecular flexibility index (Phi) is 7.23. The third kappa shape index (κ3) is 5.30. The van der Waals surface area contributed by atoms with E-state index < -0.39 is 0 Å². The van der Waals surface area contributed by atoms with Crippen LogP contribution in [0.5, 0.6) is 0 Å². The Bertz CT molecular complexity index is 1290. The van der Waals surface area contributed by atoms with Crippen molar-refractivity contribution in [1.82, 2.24) is 15.2 Å². The van der Waals surface area contributed by atoms with Gasteiger partial charge in [-0.3, -0.25) is 9.69 Å². The SMILES string of the molecule is O=C(NCC(c1ccccc1Cl)N1CCOCC1)c1ccccc1-c1ncc(-c2ccccc2)o1. The lowest BCUT2D eigenvalue weighted by Crippen LogP contribution is -2.44. The van der Waals surface area contributed by atoms with Crippen molar-refractivity contribution in [2.24, 2.45) is 0 Å². The fourth-order valence-corrected chi connectivity index (χ4v) is 4.62. The van der Waals surface area contributed by atoms with Gasteiger partial charge in [0, 0.05) is 35.8 Å². The van der Waals surface area contributed by atoms with Crippen molar-refractivity contribution >= 4 is 17.5 Å². The van der Waals surface area contributed by atoms with E-state index in [9.17, 15) is 4.79 Å². The summed E-state index contributed by atoms with van der Waals surface area (Å²) in [5.41, 5.74) is 3.08. The second-order valence-electron chi connectivity index (χ2n) is 8.34. The van der Waals surface area contributed by atoms with Gasteiger partial charge in [-0.1, -0.05) is 72.3 Å². The summed E-state index contributed by atoms with van der Waals surface area (Å²) in [6.07, 6.45) is 1.69. The van der Waals surface area contributed by atoms with Gasteiger partial charge in [-0.2, -0.15) is 0 Å². The van der Waals surface area contributed by atoms with Crippen LogP contribution in [0.1, 0.15) is 22.0 Å². The highest BCUT2D eigenvalue weighted by molar-refractivity contribution is 6.31. The topological polar surface area (TPSA) is 67.6 Å². The van der Waals surface area contributed by atoms with Gasteiger partial charge in [0.2, 0.25) is 5.89 Å². The quantitative estimate of drug-likeness (QED) is 0.374. The Labute approximate surface area is 209 Å². The summed E-state index contributed by atoms with van der Waals surface area (Å²) in [4.78, 5) is 20.1. The van der Waals surface area contributed by atoms with E-state index in [1.807, 2.05) is 72.8 Å². The first-order valence-corrected chi connectivity index (χ1v) is 12.0. The first-order valence-electron chi connectivity index (χ1n) is 11.7. The normalized spacial score (nSPS) is 15.0. The van der Waals surface area contributed by atoms with E-state index in [1.54, 1.807) is 12.3 Å². The van der Waals surface area contributed by atoms with E-state index in [-0.39, 0.29) is 11.9 Å². The zero-order valence-corrected chi connectivity index (χ0v) is 19.9. The molecule has 3 aromatic carbocycles. The number of benzene rings is 3. The van der Waals surface area contributed by atoms with Gasteiger partial charge >= 0.3 is 0 Å². The molecule has 0 saturated carbocycles. The molecule has 1 aliphatic heterocycles. The molecule has 0 aliphatic carbocycles. The number of aromatic nitrogens is 1. The van der Waals surface area contributed by atoms with Crippen molar-refractivity contribution in [2.75, 3.05) is 32.8 Å². The smallest absolute Gasteiger partial charge is 0.252 e. The van der Waals surface area contributed by atoms with Crippen LogP contribution in [-0.4, -0.2) is 48.6 Å². The first kappa shape index (κ1) is 23.3. The fourth-order valence-electron chi connectivity index (χ4n) is 4.36. The van der Waals surface area contributed by atoms with Crippen LogP contribution in [0.25, 0.3) is 22.8 Å². The number of halogens is 1. The molecule has 1 aliphatic rings. The number of oxazole rings is 1. The van der Waals surface area contributed by atoms with Gasteiger partial charge in [-0.05, 0) is 23.8 Å². The lowest BCUT2D eigenvalue weighted by molar-refractivity contribution is 0.0162. The Morgan fingerprint density at radius 1 is 0.971 bits per heavy atom. The molecule has 1 atom stereocenters. The van der Waals surface area contributed by atoms with Crippen molar-refractivity contribution in [1.29, 1.82) is 0 Å². The van der Waals surface area contributed by atoms with E-state index in [2.05, 4.69) is 15.2 Å². The van der Waals surface area contributed by atoms with Gasteiger partial charge in [0.05, 0.1) is 31.0 Å². The summed E-state index contributed by atoms with van der Waals surface area (Å²) >= 11 is 6.54. The summed E-state index contributed by atoms with van der Waals surface area (Å²) in [5, 5.41) is 3.81. The Morgan fingerprint density at radius 3 is 2.49 bits per heavy atom. The van der Waals surface area contributed by atoms with Crippen LogP contribution in [0.3, 0.4) is 0 Å². The molecule has 178 valence electrons. The molecule has 1 saturated heterocycles. The zero-order chi connectivity index (χ0) is 24.0. The van der Waals surface area contributed by atoms with Gasteiger partial charge in [-0.25, -0.2) is 4.98 Å². The summed E-state index contributed by atoms with van der Waals surface area (Å²) in [6, 6.07) is 24.8. The van der Waals surface area contributed by atoms with E-state index in [0.29, 0.717) is 47.6 Å². The molecule has 35 heavy (non-hydrogen) atoms. The maximum Gasteiger partial charge on any atom is 0.252 e. The molecule has 6 nitrogen and oxygen atoms in total. The zero-order valence-electron chi connectivity index (χ0n) is 19.2. The van der Waals surface area contributed by atoms with Gasteiger partial charge in [0.25, 0.3) is 5.91 Å². The van der Waals surface area contributed by atoms with E-state index in [1.165, 1.54) is 0 Å². The van der Waals surface area contributed by atoms with Crippen LogP contribution in [0.2, 0.25) is 5.02 Å². The number of morpholine rings is 1. The maximum absolute atomic E-state index is 13.4. The lowest BCUT2D eigenvalue weighted by atomic mass is 10.0. The predicted molar refractivity (Wildman–Crippen MR) is 136 cm³/mol. The number of hydrogen-bond donors (Lipinski definition) is 1. The molecule has 1 N–H and O–H groups in total. The van der Waals surface area contributed by atoms with Crippen LogP contribution in [0.4, 0.5) is 0 Å². The van der Waals surface area contributed by atoms with Crippen molar-refractivity contribution in [3.63, 3.8) is 0 Å². The first-order chi connectivity index (χ1) is 17.2. The molecule has 1 amide bonds. The molecule has 7 heteroatoms. The Hall–Kier alpha value is -3.45. The molecule has 0 bridgehead atoms. The highest BCUT2D eigenvalue weighted by Crippen LogP contribution is 2.30. The van der Waals surface area contributed by atoms with Crippen LogP contribution < -0.4 is 5.32 Å². The molecule has 5 rings (SSSR count). The Morgan fingerprint density at radius 2 is 1.69 bits per heavy atom. The summed E-state index contributed by atoms with van der Waals surface area (Å²) in [7, 11) is 0. The molecule has 2 heterocycles. The number of nitrogens with one attached hydrogen (secondary N) is 1. The van der Waals surface area contributed by atoms with Crippen LogP contribution in [0.15, 0.2) is 89.5 Å². The average molecular weight is 488 g/mol. The minimum absolute atomic E-state index is 0.0601. The minimum atomic E-state index is -0.189. The molecular formula is C28H26ClN3O3. The molecular weight excluding hydrogens is 462 g/mol. The predicted octanol–water partition coefficient (Wildman–Crippen LogP) is 5.47. The molecule has 1 fully saturated rings. The number of amides is 1. The largest absolute Gasteiger partial charge is 0.436 e. The second-order valence-corrected chi connectivity index (χ2v) is 8.74. The van der Waals surface area contributed by atoms with Crippen LogP contribution in [0, 0.1) is 0 Å². The molecule has 0 spiro atoms. The van der Waals surface area contributed by atoms with Gasteiger partial charge < -0.3 is 14.5 Å². The van der Waals surface area contributed by atoms with E-state index >= 15 is 0 Å². The number of carbonyl (C=O) groups excluding carboxylic acids is 1. The van der Waals surface area contributed by atoms with Crippen molar-refractivity contribution in [2.45, 2.75) is 6.04 Å². The lowest BCUT2D eigenvalue weighted by Gasteiger charge is -2.35. The fraction of sp³-hybridized carbons (Fsp3) is 0.214. The number of rotatable bonds is 7. The molecule has 1 aromatic heterocycles. The summed E-state index contributed by atoms with van der Waals surface area (Å²) in [6.45, 7) is 3.29. The minimum Gasteiger partial charge on any atom is -0.436 e. The van der Waals surface area contributed by atoms with Crippen LogP contribution >= 0.6 is 11.6 Å². The molecule has 0 radical (unpaired) electrons. The molecule has 1 unspecified atom stereocenters. The third-order valence-electron chi connectivity index (χ3n) is 6.17. The third-order valence-corrected chi connectivity index (χ3v) is 6.52. The summed E-state index contributed by atoms with van der Waals surface area (Å²) < 4.78 is 11.6. The highest BCUT2D eigenvalue weighted by Gasteiger charge is 2.26. The molecule has 4 aromatic rings. The number of ether oxygens (including phenoxy) is 1. The highest BCUT2D eigenvalue weighted by atomic mass is 35.5. The van der Waals surface area contributed by atoms with Crippen molar-refractivity contribution < 1.29 is 13.9 Å². The number of hydrogen-bond acceptors (Lipinski definition) is 5. The van der Waals surface area contributed by atoms with Gasteiger partial charge in [0.15, 0.2) is 5.76 Å². The van der Waals surface area contributed by atoms with Crippen LogP contribution in [-0.2, 0) is 4.74 Å². The maximum atomic E-state index is 13.4. The number of carbonyl (C=O) groups is 1. The van der Waals surface area contributed by atoms with Crippen molar-refractivity contribution in [3.05, 3.63) is 101 Å². The standard InChI is InChI=1S/C28H26ClN3O3/c29-24-13-7-6-12-23(24)25(32-14-16-34-17-15-32)18-30-27(33)21-10-4-5-11-22(21)28-31-19-26(35-28)20-8-2-1-3-9-20/h1-13,19,25H,14-18H2,(H,30,33). The van der Waals surface area contributed by atoms with Gasteiger partial charge in [-0.15, -0.1) is 0 Å². The Balaban J connectivity index is 1.37. The monoisotopic (exact) mass is 487 g/mol. The average Bonchev–Trinajstić information content (AvgIpc) is 3.41. The second kappa shape index (κ2) is 10.9. The summed E-state index contributed by atoms with van der Waals surface area (Å²) in [5.74, 6) is 0.873. The van der Waals surface area contributed by atoms with E-state index in [0.717, 1.165) is 24.2 Å². The number of nitrogens with zero attached hydrogens (tertiary/aromatic N) is 2. The van der Waals surface area contributed by atoms with Gasteiger partial charge in [0.1, 0.15) is 0 Å². The van der Waals surface area contributed by atoms with E-state index in [4.69, 9.17) is 20.8 Å². The van der Waals surface area contributed by atoms with Crippen molar-refractivity contribution in [3.8, 4) is 22.8 Å².